The Morgan fingerprint density at radius 3 is 2.83 bits per heavy atom. The van der Waals surface area contributed by atoms with E-state index in [0.29, 0.717) is 23.6 Å². The van der Waals surface area contributed by atoms with Crippen molar-refractivity contribution in [2.45, 2.75) is 6.54 Å². The Morgan fingerprint density at radius 2 is 2.17 bits per heavy atom. The van der Waals surface area contributed by atoms with Crippen LogP contribution < -0.4 is 11.1 Å². The number of hydrogen-bond acceptors (Lipinski definition) is 5. The summed E-state index contributed by atoms with van der Waals surface area (Å²) in [5.74, 6) is -1.02. The number of nitrogen functional groups attached to an aromatic ring is 1. The van der Waals surface area contributed by atoms with Crippen molar-refractivity contribution in [3.8, 4) is 0 Å². The van der Waals surface area contributed by atoms with Gasteiger partial charge in [-0.25, -0.2) is 4.79 Å². The molecular weight excluding hydrogens is 232 g/mol. The van der Waals surface area contributed by atoms with E-state index in [4.69, 9.17) is 10.8 Å². The monoisotopic (exact) mass is 244 g/mol. The van der Waals surface area contributed by atoms with Crippen LogP contribution in [0.2, 0.25) is 0 Å². The molecule has 0 amide bonds. The molecule has 0 saturated heterocycles. The van der Waals surface area contributed by atoms with Crippen LogP contribution in [0.1, 0.15) is 16.1 Å². The van der Waals surface area contributed by atoms with Gasteiger partial charge >= 0.3 is 5.97 Å². The minimum atomic E-state index is -1.02. The number of carboxylic acid groups (broad SMARTS) is 1. The van der Waals surface area contributed by atoms with Crippen LogP contribution in [0.15, 0.2) is 36.5 Å². The summed E-state index contributed by atoms with van der Waals surface area (Å²) in [6, 6.07) is 8.30. The van der Waals surface area contributed by atoms with Gasteiger partial charge in [-0.2, -0.15) is 10.2 Å². The van der Waals surface area contributed by atoms with E-state index >= 15 is 0 Å². The Bertz CT molecular complexity index is 557. The molecule has 18 heavy (non-hydrogen) atoms. The van der Waals surface area contributed by atoms with Crippen molar-refractivity contribution in [2.75, 3.05) is 11.1 Å². The molecule has 2 rings (SSSR count). The van der Waals surface area contributed by atoms with Crippen molar-refractivity contribution in [1.29, 1.82) is 0 Å². The largest absolute Gasteiger partial charge is 0.478 e. The number of carbonyl (C=O) groups is 1. The third kappa shape index (κ3) is 2.54. The number of nitrogens with zero attached hydrogens (tertiary/aromatic N) is 2. The molecule has 0 aliphatic rings. The lowest BCUT2D eigenvalue weighted by Crippen LogP contribution is -2.09. The number of carboxylic acids is 1. The van der Waals surface area contributed by atoms with Gasteiger partial charge in [0.05, 0.1) is 29.2 Å². The van der Waals surface area contributed by atoms with Crippen LogP contribution in [0.3, 0.4) is 0 Å². The zero-order chi connectivity index (χ0) is 13.0. The molecule has 0 atom stereocenters. The fraction of sp³-hybridized carbons (Fsp3) is 0.0833. The van der Waals surface area contributed by atoms with Crippen molar-refractivity contribution in [2.24, 2.45) is 0 Å². The molecule has 1 aromatic carbocycles. The van der Waals surface area contributed by atoms with Gasteiger partial charge in [0.25, 0.3) is 0 Å². The summed E-state index contributed by atoms with van der Waals surface area (Å²) in [5, 5.41) is 19.7. The van der Waals surface area contributed by atoms with Gasteiger partial charge in [0, 0.05) is 6.20 Å². The highest BCUT2D eigenvalue weighted by Crippen LogP contribution is 2.23. The quantitative estimate of drug-likeness (QED) is 0.702. The van der Waals surface area contributed by atoms with Crippen LogP contribution in [-0.4, -0.2) is 21.3 Å². The molecule has 6 nitrogen and oxygen atoms in total. The summed E-state index contributed by atoms with van der Waals surface area (Å²) in [6.45, 7) is 0.363. The van der Waals surface area contributed by atoms with Crippen molar-refractivity contribution < 1.29 is 9.90 Å². The number of rotatable bonds is 4. The predicted octanol–water partition coefficient (Wildman–Crippen LogP) is 1.37. The second-order valence-corrected chi connectivity index (χ2v) is 3.64. The smallest absolute Gasteiger partial charge is 0.337 e. The number of aromatic carboxylic acids is 1. The van der Waals surface area contributed by atoms with Crippen molar-refractivity contribution in [1.82, 2.24) is 10.2 Å². The Labute approximate surface area is 103 Å². The van der Waals surface area contributed by atoms with Crippen LogP contribution in [-0.2, 0) is 6.54 Å². The average Bonchev–Trinajstić information content (AvgIpc) is 2.38. The third-order valence-electron chi connectivity index (χ3n) is 2.40. The molecule has 4 N–H and O–H groups in total. The number of para-hydroxylation sites is 1. The first-order valence-corrected chi connectivity index (χ1v) is 5.30. The molecule has 0 fully saturated rings. The maximum atomic E-state index is 11.1. The lowest BCUT2D eigenvalue weighted by atomic mass is 10.1. The van der Waals surface area contributed by atoms with E-state index in [0.717, 1.165) is 0 Å². The normalized spacial score (nSPS) is 10.0. The first-order valence-electron chi connectivity index (χ1n) is 5.30. The van der Waals surface area contributed by atoms with Crippen LogP contribution in [0.5, 0.6) is 0 Å². The highest BCUT2D eigenvalue weighted by atomic mass is 16.4. The summed E-state index contributed by atoms with van der Waals surface area (Å²) < 4.78 is 0. The molecule has 1 heterocycles. The minimum Gasteiger partial charge on any atom is -0.478 e. The molecule has 0 unspecified atom stereocenters. The fourth-order valence-electron chi connectivity index (χ4n) is 1.55. The van der Waals surface area contributed by atoms with E-state index in [-0.39, 0.29) is 5.56 Å². The van der Waals surface area contributed by atoms with E-state index in [1.165, 1.54) is 6.07 Å². The standard InChI is InChI=1S/C12H12N4O2/c13-10-5-1-4-9(12(17)18)11(10)14-7-8-3-2-6-15-16-8/h1-6,14H,7,13H2,(H,17,18). The van der Waals surface area contributed by atoms with E-state index in [1.54, 1.807) is 30.5 Å². The Balaban J connectivity index is 2.21. The fourth-order valence-corrected chi connectivity index (χ4v) is 1.55. The highest BCUT2D eigenvalue weighted by molar-refractivity contribution is 5.97. The summed E-state index contributed by atoms with van der Waals surface area (Å²) in [4.78, 5) is 11.1. The zero-order valence-electron chi connectivity index (χ0n) is 9.50. The second kappa shape index (κ2) is 5.13. The van der Waals surface area contributed by atoms with E-state index < -0.39 is 5.97 Å². The lowest BCUT2D eigenvalue weighted by molar-refractivity contribution is 0.0698. The number of nitrogens with two attached hydrogens (primary N) is 1. The number of aromatic nitrogens is 2. The Morgan fingerprint density at radius 1 is 1.33 bits per heavy atom. The molecule has 0 radical (unpaired) electrons. The third-order valence-corrected chi connectivity index (χ3v) is 2.40. The molecule has 2 aromatic rings. The molecule has 0 saturated carbocycles. The SMILES string of the molecule is Nc1cccc(C(=O)O)c1NCc1cccnn1. The first-order chi connectivity index (χ1) is 8.68. The van der Waals surface area contributed by atoms with Gasteiger partial charge in [-0.3, -0.25) is 0 Å². The molecular formula is C12H12N4O2. The first kappa shape index (κ1) is 11.8. The number of anilines is 2. The predicted molar refractivity (Wildman–Crippen MR) is 67.2 cm³/mol. The maximum Gasteiger partial charge on any atom is 0.337 e. The lowest BCUT2D eigenvalue weighted by Gasteiger charge is -2.11. The van der Waals surface area contributed by atoms with Crippen molar-refractivity contribution in [3.05, 3.63) is 47.8 Å². The van der Waals surface area contributed by atoms with Gasteiger partial charge in [-0.1, -0.05) is 6.07 Å². The van der Waals surface area contributed by atoms with Gasteiger partial charge in [-0.05, 0) is 24.3 Å². The summed E-state index contributed by atoms with van der Waals surface area (Å²) in [7, 11) is 0. The molecule has 0 bridgehead atoms. The number of hydrogen-bond donors (Lipinski definition) is 3. The molecule has 0 aliphatic carbocycles. The number of benzene rings is 1. The zero-order valence-corrected chi connectivity index (χ0v) is 9.50. The molecule has 1 aromatic heterocycles. The molecule has 92 valence electrons. The average molecular weight is 244 g/mol. The van der Waals surface area contributed by atoms with E-state index in [1.807, 2.05) is 0 Å². The number of nitrogens with one attached hydrogen (secondary N) is 1. The van der Waals surface area contributed by atoms with Crippen molar-refractivity contribution >= 4 is 17.3 Å². The van der Waals surface area contributed by atoms with Gasteiger partial charge in [0.1, 0.15) is 0 Å². The summed E-state index contributed by atoms with van der Waals surface area (Å²) in [6.07, 6.45) is 1.57. The van der Waals surface area contributed by atoms with Crippen molar-refractivity contribution in [3.63, 3.8) is 0 Å². The van der Waals surface area contributed by atoms with Gasteiger partial charge in [0.15, 0.2) is 0 Å². The topological polar surface area (TPSA) is 101 Å². The van der Waals surface area contributed by atoms with Crippen LogP contribution >= 0.6 is 0 Å². The molecule has 6 heteroatoms. The van der Waals surface area contributed by atoms with E-state index in [9.17, 15) is 4.79 Å². The van der Waals surface area contributed by atoms with Gasteiger partial charge in [-0.15, -0.1) is 0 Å². The van der Waals surface area contributed by atoms with Gasteiger partial charge < -0.3 is 16.2 Å². The highest BCUT2D eigenvalue weighted by Gasteiger charge is 2.12. The van der Waals surface area contributed by atoms with Crippen LogP contribution in [0, 0.1) is 0 Å². The van der Waals surface area contributed by atoms with E-state index in [2.05, 4.69) is 15.5 Å². The minimum absolute atomic E-state index is 0.138. The second-order valence-electron chi connectivity index (χ2n) is 3.64. The van der Waals surface area contributed by atoms with Gasteiger partial charge in [0.2, 0.25) is 0 Å². The Hall–Kier alpha value is -2.63. The molecule has 0 aliphatic heterocycles. The summed E-state index contributed by atoms with van der Waals surface area (Å²) in [5.41, 5.74) is 7.39. The van der Waals surface area contributed by atoms with Crippen LogP contribution in [0.25, 0.3) is 0 Å². The molecule has 0 spiro atoms. The Kier molecular flexibility index (Phi) is 3.38. The maximum absolute atomic E-state index is 11.1. The van der Waals surface area contributed by atoms with Crippen LogP contribution in [0.4, 0.5) is 11.4 Å². The summed E-state index contributed by atoms with van der Waals surface area (Å²) >= 11 is 0.